The first kappa shape index (κ1) is 14.5. The van der Waals surface area contributed by atoms with Gasteiger partial charge in [0.1, 0.15) is 0 Å². The van der Waals surface area contributed by atoms with Gasteiger partial charge in [0.2, 0.25) is 5.91 Å². The Labute approximate surface area is 105 Å². The summed E-state index contributed by atoms with van der Waals surface area (Å²) in [6.45, 7) is 8.01. The highest BCUT2D eigenvalue weighted by Gasteiger charge is 2.48. The minimum absolute atomic E-state index is 0.177. The van der Waals surface area contributed by atoms with Crippen LogP contribution in [0, 0.1) is 5.41 Å². The van der Waals surface area contributed by atoms with Gasteiger partial charge in [-0.05, 0) is 13.3 Å². The summed E-state index contributed by atoms with van der Waals surface area (Å²) in [5.74, 6) is 0.177. The monoisotopic (exact) mass is 242 g/mol. The van der Waals surface area contributed by atoms with Crippen LogP contribution in [0.1, 0.15) is 33.6 Å². The zero-order valence-electron chi connectivity index (χ0n) is 11.7. The van der Waals surface area contributed by atoms with E-state index in [2.05, 4.69) is 19.2 Å². The molecule has 4 nitrogen and oxygen atoms in total. The van der Waals surface area contributed by atoms with Gasteiger partial charge in [0, 0.05) is 45.1 Å². The third-order valence-corrected chi connectivity index (χ3v) is 3.77. The van der Waals surface area contributed by atoms with Gasteiger partial charge >= 0.3 is 0 Å². The maximum Gasteiger partial charge on any atom is 0.223 e. The van der Waals surface area contributed by atoms with Gasteiger partial charge in [-0.1, -0.05) is 13.8 Å². The largest absolute Gasteiger partial charge is 0.378 e. The van der Waals surface area contributed by atoms with E-state index < -0.39 is 0 Å². The topological polar surface area (TPSA) is 41.6 Å². The number of ether oxygens (including phenoxy) is 1. The van der Waals surface area contributed by atoms with E-state index in [9.17, 15) is 4.79 Å². The molecule has 4 heteroatoms. The molecule has 0 bridgehead atoms. The summed E-state index contributed by atoms with van der Waals surface area (Å²) in [7, 11) is 3.58. The van der Waals surface area contributed by atoms with E-state index in [-0.39, 0.29) is 11.3 Å². The molecule has 2 unspecified atom stereocenters. The minimum Gasteiger partial charge on any atom is -0.378 e. The second-order valence-electron chi connectivity index (χ2n) is 5.55. The van der Waals surface area contributed by atoms with Crippen LogP contribution in [0.4, 0.5) is 0 Å². The average molecular weight is 242 g/mol. The lowest BCUT2D eigenvalue weighted by Crippen LogP contribution is -2.61. The summed E-state index contributed by atoms with van der Waals surface area (Å²) in [6.07, 6.45) is 1.98. The maximum atomic E-state index is 11.4. The number of hydrogen-bond donors (Lipinski definition) is 1. The third-order valence-electron chi connectivity index (χ3n) is 3.77. The third kappa shape index (κ3) is 3.42. The Kier molecular flexibility index (Phi) is 4.95. The highest BCUT2D eigenvalue weighted by atomic mass is 16.5. The van der Waals surface area contributed by atoms with Crippen LogP contribution >= 0.6 is 0 Å². The highest BCUT2D eigenvalue weighted by molar-refractivity contribution is 5.75. The first-order chi connectivity index (χ1) is 7.89. The van der Waals surface area contributed by atoms with Crippen LogP contribution in [0.5, 0.6) is 0 Å². The predicted octanol–water partition coefficient (Wildman–Crippen LogP) is 1.26. The van der Waals surface area contributed by atoms with Crippen molar-refractivity contribution in [1.29, 1.82) is 0 Å². The van der Waals surface area contributed by atoms with E-state index in [1.54, 1.807) is 19.0 Å². The fourth-order valence-corrected chi connectivity index (χ4v) is 2.29. The molecule has 0 heterocycles. The van der Waals surface area contributed by atoms with Crippen LogP contribution < -0.4 is 5.32 Å². The zero-order valence-corrected chi connectivity index (χ0v) is 11.7. The van der Waals surface area contributed by atoms with Crippen LogP contribution in [0.2, 0.25) is 0 Å². The Hall–Kier alpha value is -0.610. The van der Waals surface area contributed by atoms with Gasteiger partial charge < -0.3 is 15.0 Å². The Bertz CT molecular complexity index is 264. The number of rotatable bonds is 6. The van der Waals surface area contributed by atoms with Gasteiger partial charge in [-0.25, -0.2) is 0 Å². The molecule has 1 N–H and O–H groups in total. The Morgan fingerprint density at radius 1 is 1.47 bits per heavy atom. The number of nitrogens with one attached hydrogen (secondary N) is 1. The number of carbonyl (C=O) groups excluding carboxylic acids is 1. The summed E-state index contributed by atoms with van der Waals surface area (Å²) in [4.78, 5) is 13.1. The number of hydrogen-bond acceptors (Lipinski definition) is 3. The standard InChI is InChI=1S/C13H26N2O2/c1-6-17-11-9-10(13(11,2)3)14-8-7-12(16)15(4)5/h10-11,14H,6-9H2,1-5H3. The molecule has 1 aliphatic carbocycles. The van der Waals surface area contributed by atoms with Gasteiger partial charge in [0.15, 0.2) is 0 Å². The Morgan fingerprint density at radius 2 is 2.12 bits per heavy atom. The number of nitrogens with zero attached hydrogens (tertiary/aromatic N) is 1. The van der Waals surface area contributed by atoms with E-state index in [1.807, 2.05) is 6.92 Å². The fourth-order valence-electron chi connectivity index (χ4n) is 2.29. The van der Waals surface area contributed by atoms with E-state index in [4.69, 9.17) is 4.74 Å². The molecule has 1 amide bonds. The molecule has 100 valence electrons. The quantitative estimate of drug-likeness (QED) is 0.762. The molecule has 1 aliphatic rings. The first-order valence-corrected chi connectivity index (χ1v) is 6.44. The van der Waals surface area contributed by atoms with E-state index in [0.717, 1.165) is 19.6 Å². The van der Waals surface area contributed by atoms with Crippen LogP contribution in [0.3, 0.4) is 0 Å². The minimum atomic E-state index is 0.177. The van der Waals surface area contributed by atoms with Gasteiger partial charge in [-0.3, -0.25) is 4.79 Å². The molecule has 0 aromatic heterocycles. The van der Waals surface area contributed by atoms with E-state index in [1.165, 1.54) is 0 Å². The second-order valence-corrected chi connectivity index (χ2v) is 5.55. The molecule has 0 aromatic rings. The molecule has 1 rings (SSSR count). The highest BCUT2D eigenvalue weighted by Crippen LogP contribution is 2.42. The Balaban J connectivity index is 2.24. The number of amides is 1. The van der Waals surface area contributed by atoms with Crippen molar-refractivity contribution in [2.75, 3.05) is 27.2 Å². The van der Waals surface area contributed by atoms with Crippen molar-refractivity contribution in [3.63, 3.8) is 0 Å². The van der Waals surface area contributed by atoms with Gasteiger partial charge in [0.05, 0.1) is 6.10 Å². The van der Waals surface area contributed by atoms with Gasteiger partial charge in [-0.2, -0.15) is 0 Å². The molecule has 17 heavy (non-hydrogen) atoms. The molecule has 1 fully saturated rings. The summed E-state index contributed by atoms with van der Waals surface area (Å²) in [5, 5.41) is 3.46. The molecule has 0 aliphatic heterocycles. The van der Waals surface area contributed by atoms with Crippen molar-refractivity contribution in [2.45, 2.75) is 45.8 Å². The molecule has 2 atom stereocenters. The molecular formula is C13H26N2O2. The normalized spacial score (nSPS) is 26.4. The Morgan fingerprint density at radius 3 is 2.59 bits per heavy atom. The smallest absolute Gasteiger partial charge is 0.223 e. The maximum absolute atomic E-state index is 11.4. The molecule has 0 aromatic carbocycles. The van der Waals surface area contributed by atoms with Crippen molar-refractivity contribution in [2.24, 2.45) is 5.41 Å². The van der Waals surface area contributed by atoms with Crippen LogP contribution in [-0.2, 0) is 9.53 Å². The fraction of sp³-hybridized carbons (Fsp3) is 0.923. The van der Waals surface area contributed by atoms with Crippen molar-refractivity contribution in [1.82, 2.24) is 10.2 Å². The molecule has 0 saturated heterocycles. The van der Waals surface area contributed by atoms with Crippen molar-refractivity contribution in [3.05, 3.63) is 0 Å². The summed E-state index contributed by atoms with van der Waals surface area (Å²) < 4.78 is 5.67. The second kappa shape index (κ2) is 5.83. The summed E-state index contributed by atoms with van der Waals surface area (Å²) in [6, 6.07) is 0.467. The molecule has 0 spiro atoms. The van der Waals surface area contributed by atoms with E-state index in [0.29, 0.717) is 18.6 Å². The summed E-state index contributed by atoms with van der Waals surface area (Å²) >= 11 is 0. The zero-order chi connectivity index (χ0) is 13.1. The lowest BCUT2D eigenvalue weighted by atomic mass is 9.64. The number of carbonyl (C=O) groups is 1. The molecular weight excluding hydrogens is 216 g/mol. The SMILES string of the molecule is CCOC1CC(NCCC(=O)N(C)C)C1(C)C. The van der Waals surface area contributed by atoms with Gasteiger partial charge in [0.25, 0.3) is 0 Å². The molecule has 0 radical (unpaired) electrons. The van der Waals surface area contributed by atoms with Crippen molar-refractivity contribution < 1.29 is 9.53 Å². The van der Waals surface area contributed by atoms with E-state index >= 15 is 0 Å². The molecule has 1 saturated carbocycles. The van der Waals surface area contributed by atoms with Crippen LogP contribution in [-0.4, -0.2) is 50.2 Å². The first-order valence-electron chi connectivity index (χ1n) is 6.44. The van der Waals surface area contributed by atoms with Gasteiger partial charge in [-0.15, -0.1) is 0 Å². The van der Waals surface area contributed by atoms with Crippen molar-refractivity contribution in [3.8, 4) is 0 Å². The van der Waals surface area contributed by atoms with Crippen molar-refractivity contribution >= 4 is 5.91 Å². The lowest BCUT2D eigenvalue weighted by Gasteiger charge is -2.52. The van der Waals surface area contributed by atoms with Crippen LogP contribution in [0.15, 0.2) is 0 Å². The summed E-state index contributed by atoms with van der Waals surface area (Å²) in [5.41, 5.74) is 0.178. The predicted molar refractivity (Wildman–Crippen MR) is 68.9 cm³/mol. The average Bonchev–Trinajstić information content (AvgIpc) is 2.26. The lowest BCUT2D eigenvalue weighted by molar-refractivity contribution is -0.129. The van der Waals surface area contributed by atoms with Crippen LogP contribution in [0.25, 0.3) is 0 Å².